The summed E-state index contributed by atoms with van der Waals surface area (Å²) in [5.74, 6) is -2.43. The van der Waals surface area contributed by atoms with Gasteiger partial charge in [0.05, 0.1) is 50.7 Å². The Morgan fingerprint density at radius 3 is 0.931 bits per heavy atom. The molecule has 3 aliphatic rings. The first kappa shape index (κ1) is 40.1. The maximum absolute atomic E-state index is 14.1. The third-order valence-corrected chi connectivity index (χ3v) is 10.5. The number of carbonyl (C=O) groups excluding carboxylic acids is 4. The van der Waals surface area contributed by atoms with Crippen LogP contribution in [-0.2, 0) is 28.4 Å². The molecule has 304 valence electrons. The Labute approximate surface area is 335 Å². The van der Waals surface area contributed by atoms with Crippen LogP contribution in [0.15, 0.2) is 97.1 Å². The number of methoxy groups -OCH3 is 4. The Hall–Kier alpha value is -6.12. The first-order chi connectivity index (χ1) is 28.1. The summed E-state index contributed by atoms with van der Waals surface area (Å²) in [6.45, 7) is 0. The second kappa shape index (κ2) is 17.6. The molecule has 6 atom stereocenters. The monoisotopic (exact) mass is 796 g/mol. The Balaban J connectivity index is 1.34. The molecule has 1 saturated heterocycles. The first-order valence-electron chi connectivity index (χ1n) is 18.9. The minimum absolute atomic E-state index is 0.113. The van der Waals surface area contributed by atoms with Crippen LogP contribution in [0.3, 0.4) is 0 Å². The summed E-state index contributed by atoms with van der Waals surface area (Å²) in [5, 5.41) is 0. The number of rotatable bonds is 12. The second-order valence-electron chi connectivity index (χ2n) is 14.0. The van der Waals surface area contributed by atoms with Gasteiger partial charge in [0, 0.05) is 12.8 Å². The molecule has 0 aromatic heterocycles. The normalized spacial score (nSPS) is 23.1. The van der Waals surface area contributed by atoms with Crippen molar-refractivity contribution in [2.45, 2.75) is 74.5 Å². The molecular weight excluding hydrogens is 752 g/mol. The van der Waals surface area contributed by atoms with E-state index in [4.69, 9.17) is 47.4 Å². The molecule has 14 nitrogen and oxygen atoms in total. The van der Waals surface area contributed by atoms with E-state index >= 15 is 0 Å². The van der Waals surface area contributed by atoms with Crippen LogP contribution >= 0.6 is 0 Å². The van der Waals surface area contributed by atoms with Gasteiger partial charge < -0.3 is 47.4 Å². The van der Waals surface area contributed by atoms with E-state index in [9.17, 15) is 19.2 Å². The smallest absolute Gasteiger partial charge is 0.338 e. The van der Waals surface area contributed by atoms with E-state index in [0.717, 1.165) is 19.3 Å². The summed E-state index contributed by atoms with van der Waals surface area (Å²) in [7, 11) is 5.99. The molecule has 1 heterocycles. The van der Waals surface area contributed by atoms with E-state index < -0.39 is 66.3 Å². The third kappa shape index (κ3) is 8.58. The molecule has 14 heteroatoms. The Morgan fingerprint density at radius 2 is 0.672 bits per heavy atom. The Bertz CT molecular complexity index is 1910. The van der Waals surface area contributed by atoms with Crippen LogP contribution in [0, 0.1) is 0 Å². The van der Waals surface area contributed by atoms with Gasteiger partial charge in [0.1, 0.15) is 35.2 Å². The molecule has 0 N–H and O–H groups in total. The van der Waals surface area contributed by atoms with E-state index in [0.29, 0.717) is 35.8 Å². The lowest BCUT2D eigenvalue weighted by atomic mass is 9.84. The highest BCUT2D eigenvalue weighted by Gasteiger charge is 2.65. The van der Waals surface area contributed by atoms with Crippen LogP contribution < -0.4 is 18.9 Å². The van der Waals surface area contributed by atoms with Gasteiger partial charge in [-0.1, -0.05) is 6.42 Å². The van der Waals surface area contributed by atoms with Crippen molar-refractivity contribution in [3.8, 4) is 23.0 Å². The molecule has 4 aromatic rings. The highest BCUT2D eigenvalue weighted by molar-refractivity contribution is 5.92. The van der Waals surface area contributed by atoms with Crippen molar-refractivity contribution in [3.05, 3.63) is 119 Å². The molecule has 0 amide bonds. The van der Waals surface area contributed by atoms with Gasteiger partial charge in [-0.05, 0) is 110 Å². The van der Waals surface area contributed by atoms with E-state index in [2.05, 4.69) is 0 Å². The van der Waals surface area contributed by atoms with Crippen LogP contribution in [0.4, 0.5) is 0 Å². The quantitative estimate of drug-likeness (QED) is 0.115. The van der Waals surface area contributed by atoms with Gasteiger partial charge in [0.25, 0.3) is 0 Å². The summed E-state index contributed by atoms with van der Waals surface area (Å²) in [4.78, 5) is 56.2. The molecule has 2 saturated carbocycles. The van der Waals surface area contributed by atoms with Crippen LogP contribution in [0.2, 0.25) is 0 Å². The average Bonchev–Trinajstić information content (AvgIpc) is 3.63. The second-order valence-corrected chi connectivity index (χ2v) is 14.0. The molecule has 1 spiro atoms. The minimum Gasteiger partial charge on any atom is -0.497 e. The SMILES string of the molecule is COc1ccc(C(=O)OC2[C@H](OC(=O)c3ccc(OC)cc3)[C@@H](OC(=O)c3ccc(OC)cc3)C3OC4(CCCCC4)O[C@@H]3[C@H]2OC(=O)c2ccc(OC)cc2)cc1. The van der Waals surface area contributed by atoms with Gasteiger partial charge in [-0.15, -0.1) is 0 Å². The van der Waals surface area contributed by atoms with Crippen molar-refractivity contribution >= 4 is 23.9 Å². The fourth-order valence-electron chi connectivity index (χ4n) is 7.45. The zero-order chi connectivity index (χ0) is 40.8. The number of benzene rings is 4. The van der Waals surface area contributed by atoms with Crippen LogP contribution in [0.1, 0.15) is 73.5 Å². The number of hydrogen-bond acceptors (Lipinski definition) is 14. The van der Waals surface area contributed by atoms with Crippen LogP contribution in [-0.4, -0.2) is 94.7 Å². The predicted molar refractivity (Wildman–Crippen MR) is 204 cm³/mol. The maximum atomic E-state index is 14.1. The van der Waals surface area contributed by atoms with Crippen molar-refractivity contribution in [1.29, 1.82) is 0 Å². The number of hydrogen-bond donors (Lipinski definition) is 0. The molecule has 4 aromatic carbocycles. The van der Waals surface area contributed by atoms with Crippen molar-refractivity contribution in [1.82, 2.24) is 0 Å². The van der Waals surface area contributed by atoms with Crippen molar-refractivity contribution in [2.75, 3.05) is 28.4 Å². The van der Waals surface area contributed by atoms with Crippen molar-refractivity contribution in [2.24, 2.45) is 0 Å². The van der Waals surface area contributed by atoms with Gasteiger partial charge in [-0.3, -0.25) is 0 Å². The standard InChI is InChI=1S/C44H44O14/c1-49-30-16-8-26(9-17-30)40(45)53-34-35(54-41(46)27-10-18-31(50-2)19-11-27)37(56-43(48)29-14-22-33(52-4)23-15-29)39-38(57-44(58-39)24-6-5-7-25-44)36(34)55-42(47)28-12-20-32(51-3)21-13-28/h8-23,34-39H,5-7,24-25H2,1-4H3/t34-,35?,36+,37-,38?,39+/m0/s1. The van der Waals surface area contributed by atoms with Gasteiger partial charge in [-0.2, -0.15) is 0 Å². The Morgan fingerprint density at radius 1 is 0.414 bits per heavy atom. The zero-order valence-corrected chi connectivity index (χ0v) is 32.5. The largest absolute Gasteiger partial charge is 0.497 e. The van der Waals surface area contributed by atoms with E-state index in [1.54, 1.807) is 48.5 Å². The van der Waals surface area contributed by atoms with Gasteiger partial charge in [0.15, 0.2) is 30.2 Å². The lowest BCUT2D eigenvalue weighted by Gasteiger charge is -2.44. The number of ether oxygens (including phenoxy) is 10. The summed E-state index contributed by atoms with van der Waals surface area (Å²) < 4.78 is 59.5. The van der Waals surface area contributed by atoms with Crippen LogP contribution in [0.25, 0.3) is 0 Å². The molecule has 58 heavy (non-hydrogen) atoms. The molecule has 3 fully saturated rings. The number of carbonyl (C=O) groups is 4. The van der Waals surface area contributed by atoms with Crippen LogP contribution in [0.5, 0.6) is 23.0 Å². The zero-order valence-electron chi connectivity index (χ0n) is 32.5. The van der Waals surface area contributed by atoms with Crippen molar-refractivity contribution < 1.29 is 66.5 Å². The van der Waals surface area contributed by atoms with E-state index in [1.165, 1.54) is 77.0 Å². The Kier molecular flexibility index (Phi) is 12.1. The molecule has 0 bridgehead atoms. The van der Waals surface area contributed by atoms with E-state index in [-0.39, 0.29) is 22.3 Å². The van der Waals surface area contributed by atoms with Gasteiger partial charge in [0.2, 0.25) is 0 Å². The summed E-state index contributed by atoms with van der Waals surface area (Å²) in [5.41, 5.74) is 0.539. The lowest BCUT2D eigenvalue weighted by Crippen LogP contribution is -2.66. The first-order valence-corrected chi connectivity index (χ1v) is 18.9. The lowest BCUT2D eigenvalue weighted by molar-refractivity contribution is -0.203. The average molecular weight is 797 g/mol. The van der Waals surface area contributed by atoms with Crippen molar-refractivity contribution in [3.63, 3.8) is 0 Å². The molecule has 1 aliphatic heterocycles. The molecule has 7 rings (SSSR count). The molecule has 2 aliphatic carbocycles. The third-order valence-electron chi connectivity index (χ3n) is 10.5. The number of fused-ring (bicyclic) bond motifs is 1. The van der Waals surface area contributed by atoms with Gasteiger partial charge >= 0.3 is 23.9 Å². The maximum Gasteiger partial charge on any atom is 0.338 e. The topological polar surface area (TPSA) is 161 Å². The van der Waals surface area contributed by atoms with E-state index in [1.807, 2.05) is 0 Å². The fourth-order valence-corrected chi connectivity index (χ4v) is 7.45. The predicted octanol–water partition coefficient (Wildman–Crippen LogP) is 6.38. The molecule has 2 unspecified atom stereocenters. The highest BCUT2D eigenvalue weighted by Crippen LogP contribution is 2.48. The van der Waals surface area contributed by atoms with Gasteiger partial charge in [-0.25, -0.2) is 19.2 Å². The highest BCUT2D eigenvalue weighted by atomic mass is 16.8. The summed E-state index contributed by atoms with van der Waals surface area (Å²) in [6.07, 6.45) is -4.91. The summed E-state index contributed by atoms with van der Waals surface area (Å²) >= 11 is 0. The number of esters is 4. The fraction of sp³-hybridized carbons (Fsp3) is 0.364. The minimum atomic E-state index is -1.60. The molecule has 0 radical (unpaired) electrons. The summed E-state index contributed by atoms with van der Waals surface area (Å²) in [6, 6.07) is 24.8. The molecular formula is C44H44O14.